The van der Waals surface area contributed by atoms with Gasteiger partial charge in [0.15, 0.2) is 0 Å². The van der Waals surface area contributed by atoms with Crippen molar-refractivity contribution in [3.63, 3.8) is 0 Å². The summed E-state index contributed by atoms with van der Waals surface area (Å²) in [6.07, 6.45) is 9.32. The maximum Gasteiger partial charge on any atom is 0.305 e. The fourth-order valence-corrected chi connectivity index (χ4v) is 1.46. The van der Waals surface area contributed by atoms with Crippen LogP contribution in [0.1, 0.15) is 65.2 Å². The molecular formula is C12H27NO2. The molecule has 0 aromatic rings. The van der Waals surface area contributed by atoms with Gasteiger partial charge < -0.3 is 10.9 Å². The predicted octanol–water partition coefficient (Wildman–Crippen LogP) is 3.85. The lowest BCUT2D eigenvalue weighted by atomic mass is 10.1. The third-order valence-corrected chi connectivity index (χ3v) is 2.29. The summed E-state index contributed by atoms with van der Waals surface area (Å²) in [5.74, 6) is -0.0407. The molecule has 0 aliphatic rings. The minimum atomic E-state index is -0.0407. The Labute approximate surface area is 94.2 Å². The average Bonchev–Trinajstić information content (AvgIpc) is 2.17. The van der Waals surface area contributed by atoms with Crippen molar-refractivity contribution in [3.8, 4) is 0 Å². The molecule has 0 unspecified atom stereocenters. The molecule has 3 N–H and O–H groups in total. The Kier molecular flexibility index (Phi) is 15.1. The number of unbranched alkanes of at least 4 members (excludes halogenated alkanes) is 6. The number of ether oxygens (including phenoxy) is 1. The molecule has 0 fully saturated rings. The van der Waals surface area contributed by atoms with Crippen molar-refractivity contribution in [2.75, 3.05) is 6.61 Å². The van der Waals surface area contributed by atoms with Gasteiger partial charge in [-0.25, -0.2) is 0 Å². The summed E-state index contributed by atoms with van der Waals surface area (Å²) < 4.78 is 4.85. The highest BCUT2D eigenvalue weighted by Gasteiger charge is 2.00. The van der Waals surface area contributed by atoms with Gasteiger partial charge >= 0.3 is 5.97 Å². The molecule has 0 spiro atoms. The van der Waals surface area contributed by atoms with E-state index in [4.69, 9.17) is 4.74 Å². The standard InChI is InChI=1S/C12H24O2.H3N/c1-3-5-6-7-8-9-10-11-12(13)14-4-2;/h3-11H2,1-2H3;1H3. The van der Waals surface area contributed by atoms with E-state index in [1.54, 1.807) is 0 Å². The number of carbonyl (C=O) groups excluding carboxylic acids is 1. The van der Waals surface area contributed by atoms with Crippen LogP contribution < -0.4 is 6.15 Å². The fraction of sp³-hybridized carbons (Fsp3) is 0.917. The Morgan fingerprint density at radius 1 is 0.933 bits per heavy atom. The van der Waals surface area contributed by atoms with Crippen LogP contribution in [0.4, 0.5) is 0 Å². The molecule has 0 aromatic heterocycles. The monoisotopic (exact) mass is 217 g/mol. The summed E-state index contributed by atoms with van der Waals surface area (Å²) >= 11 is 0. The second-order valence-corrected chi connectivity index (χ2v) is 3.68. The SMILES string of the molecule is CCCCCCCCCC(=O)OCC.N. The van der Waals surface area contributed by atoms with Gasteiger partial charge in [-0.05, 0) is 13.3 Å². The van der Waals surface area contributed by atoms with E-state index in [2.05, 4.69) is 6.92 Å². The fourth-order valence-electron chi connectivity index (χ4n) is 1.46. The van der Waals surface area contributed by atoms with Crippen molar-refractivity contribution in [2.24, 2.45) is 0 Å². The number of carbonyl (C=O) groups is 1. The smallest absolute Gasteiger partial charge is 0.305 e. The third-order valence-electron chi connectivity index (χ3n) is 2.29. The van der Waals surface area contributed by atoms with Crippen molar-refractivity contribution >= 4 is 5.97 Å². The van der Waals surface area contributed by atoms with Crippen molar-refractivity contribution in [1.29, 1.82) is 0 Å². The molecule has 3 nitrogen and oxygen atoms in total. The lowest BCUT2D eigenvalue weighted by molar-refractivity contribution is -0.143. The highest BCUT2D eigenvalue weighted by Crippen LogP contribution is 2.08. The average molecular weight is 217 g/mol. The van der Waals surface area contributed by atoms with Gasteiger partial charge in [-0.3, -0.25) is 4.79 Å². The lowest BCUT2D eigenvalue weighted by Gasteiger charge is -2.01. The van der Waals surface area contributed by atoms with E-state index in [0.717, 1.165) is 6.42 Å². The summed E-state index contributed by atoms with van der Waals surface area (Å²) in [6, 6.07) is 0. The Hall–Kier alpha value is -0.570. The van der Waals surface area contributed by atoms with Crippen molar-refractivity contribution < 1.29 is 9.53 Å². The van der Waals surface area contributed by atoms with Crippen molar-refractivity contribution in [1.82, 2.24) is 6.15 Å². The number of rotatable bonds is 9. The molecule has 3 heteroatoms. The van der Waals surface area contributed by atoms with Crippen LogP contribution in [0.3, 0.4) is 0 Å². The highest BCUT2D eigenvalue weighted by molar-refractivity contribution is 5.69. The second kappa shape index (κ2) is 13.4. The number of hydrogen-bond donors (Lipinski definition) is 1. The number of esters is 1. The number of hydrogen-bond acceptors (Lipinski definition) is 3. The minimum absolute atomic E-state index is 0. The molecule has 0 bridgehead atoms. The van der Waals surface area contributed by atoms with Crippen molar-refractivity contribution in [3.05, 3.63) is 0 Å². The van der Waals surface area contributed by atoms with Crippen LogP contribution >= 0.6 is 0 Å². The first kappa shape index (κ1) is 16.8. The Bertz CT molecular complexity index is 138. The van der Waals surface area contributed by atoms with Crippen LogP contribution in [0.25, 0.3) is 0 Å². The van der Waals surface area contributed by atoms with Gasteiger partial charge in [0.1, 0.15) is 0 Å². The molecule has 0 aliphatic heterocycles. The van der Waals surface area contributed by atoms with Gasteiger partial charge in [0.2, 0.25) is 0 Å². The molecular weight excluding hydrogens is 190 g/mol. The van der Waals surface area contributed by atoms with Gasteiger partial charge in [0.05, 0.1) is 6.61 Å². The Morgan fingerprint density at radius 3 is 2.00 bits per heavy atom. The molecule has 15 heavy (non-hydrogen) atoms. The van der Waals surface area contributed by atoms with Crippen LogP contribution in [0.15, 0.2) is 0 Å². The van der Waals surface area contributed by atoms with Crippen LogP contribution in [0.5, 0.6) is 0 Å². The quantitative estimate of drug-likeness (QED) is 0.471. The predicted molar refractivity (Wildman–Crippen MR) is 64.3 cm³/mol. The zero-order valence-electron chi connectivity index (χ0n) is 10.4. The van der Waals surface area contributed by atoms with Crippen molar-refractivity contribution in [2.45, 2.75) is 65.2 Å². The van der Waals surface area contributed by atoms with E-state index in [0.29, 0.717) is 13.0 Å². The zero-order valence-corrected chi connectivity index (χ0v) is 10.4. The summed E-state index contributed by atoms with van der Waals surface area (Å²) in [6.45, 7) is 4.58. The molecule has 0 saturated heterocycles. The largest absolute Gasteiger partial charge is 0.466 e. The maximum absolute atomic E-state index is 11.0. The van der Waals surface area contributed by atoms with Gasteiger partial charge in [-0.1, -0.05) is 45.4 Å². The Balaban J connectivity index is 0. The first-order chi connectivity index (χ1) is 6.81. The van der Waals surface area contributed by atoms with Gasteiger partial charge in [0, 0.05) is 6.42 Å². The summed E-state index contributed by atoms with van der Waals surface area (Å²) in [4.78, 5) is 11.0. The van der Waals surface area contributed by atoms with E-state index in [1.807, 2.05) is 6.92 Å². The van der Waals surface area contributed by atoms with Crippen LogP contribution in [0.2, 0.25) is 0 Å². The van der Waals surface area contributed by atoms with E-state index < -0.39 is 0 Å². The molecule has 0 aromatic carbocycles. The van der Waals surface area contributed by atoms with Crippen LogP contribution in [0, 0.1) is 0 Å². The minimum Gasteiger partial charge on any atom is -0.466 e. The van der Waals surface area contributed by atoms with Gasteiger partial charge in [0.25, 0.3) is 0 Å². The van der Waals surface area contributed by atoms with Gasteiger partial charge in [-0.15, -0.1) is 0 Å². The Morgan fingerprint density at radius 2 is 1.47 bits per heavy atom. The first-order valence-electron chi connectivity index (χ1n) is 5.96. The van der Waals surface area contributed by atoms with E-state index in [-0.39, 0.29) is 12.1 Å². The van der Waals surface area contributed by atoms with Gasteiger partial charge in [-0.2, -0.15) is 0 Å². The molecule has 0 heterocycles. The molecule has 0 aliphatic carbocycles. The molecule has 0 radical (unpaired) electrons. The maximum atomic E-state index is 11.0. The molecule has 92 valence electrons. The first-order valence-corrected chi connectivity index (χ1v) is 5.96. The third kappa shape index (κ3) is 13.4. The zero-order chi connectivity index (χ0) is 10.6. The van der Waals surface area contributed by atoms with E-state index in [9.17, 15) is 4.79 Å². The molecule has 0 rings (SSSR count). The second-order valence-electron chi connectivity index (χ2n) is 3.68. The molecule has 0 saturated carbocycles. The van der Waals surface area contributed by atoms with E-state index >= 15 is 0 Å². The molecule has 0 amide bonds. The van der Waals surface area contributed by atoms with Crippen LogP contribution in [-0.4, -0.2) is 12.6 Å². The lowest BCUT2D eigenvalue weighted by Crippen LogP contribution is -2.03. The van der Waals surface area contributed by atoms with Crippen LogP contribution in [-0.2, 0) is 9.53 Å². The highest BCUT2D eigenvalue weighted by atomic mass is 16.5. The topological polar surface area (TPSA) is 61.3 Å². The summed E-state index contributed by atoms with van der Waals surface area (Å²) in [5, 5.41) is 0. The molecule has 0 atom stereocenters. The van der Waals surface area contributed by atoms with E-state index in [1.165, 1.54) is 38.5 Å². The summed E-state index contributed by atoms with van der Waals surface area (Å²) in [5.41, 5.74) is 0. The normalized spacial score (nSPS) is 9.47. The summed E-state index contributed by atoms with van der Waals surface area (Å²) in [7, 11) is 0.